The molecule has 0 radical (unpaired) electrons. The Bertz CT molecular complexity index is 1180. The third-order valence-electron chi connectivity index (χ3n) is 4.06. The SMILES string of the molecule is Cc1noc2nc(-c3ccccc3)cc(C(=O)Nc3nc(CC(N)=O)cs3)c12. The van der Waals surface area contributed by atoms with E-state index >= 15 is 0 Å². The number of aromatic nitrogens is 3. The van der Waals surface area contributed by atoms with E-state index in [-0.39, 0.29) is 18.0 Å². The topological polar surface area (TPSA) is 124 Å². The molecule has 0 spiro atoms. The largest absolute Gasteiger partial charge is 0.369 e. The molecule has 0 unspecified atom stereocenters. The maximum absolute atomic E-state index is 13.0. The summed E-state index contributed by atoms with van der Waals surface area (Å²) in [5, 5.41) is 9.30. The quantitative estimate of drug-likeness (QED) is 0.537. The van der Waals surface area contributed by atoms with Crippen molar-refractivity contribution in [3.05, 3.63) is 58.7 Å². The van der Waals surface area contributed by atoms with Gasteiger partial charge in [0, 0.05) is 10.9 Å². The first kappa shape index (κ1) is 17.8. The van der Waals surface area contributed by atoms with Crippen molar-refractivity contribution in [2.45, 2.75) is 13.3 Å². The van der Waals surface area contributed by atoms with E-state index in [9.17, 15) is 9.59 Å². The summed E-state index contributed by atoms with van der Waals surface area (Å²) < 4.78 is 5.29. The molecular weight excluding hydrogens is 378 g/mol. The van der Waals surface area contributed by atoms with Gasteiger partial charge in [0.05, 0.1) is 34.5 Å². The van der Waals surface area contributed by atoms with Gasteiger partial charge in [-0.15, -0.1) is 11.3 Å². The van der Waals surface area contributed by atoms with Crippen LogP contribution in [0, 0.1) is 6.92 Å². The van der Waals surface area contributed by atoms with Crippen molar-refractivity contribution in [2.75, 3.05) is 5.32 Å². The van der Waals surface area contributed by atoms with Crippen molar-refractivity contribution >= 4 is 39.4 Å². The highest BCUT2D eigenvalue weighted by Crippen LogP contribution is 2.28. The van der Waals surface area contributed by atoms with Crippen LogP contribution in [0.1, 0.15) is 21.7 Å². The number of thiazole rings is 1. The second kappa shape index (κ2) is 7.20. The standard InChI is InChI=1S/C19H15N5O3S/c1-10-16-13(17(26)23-19-21-12(9-28-19)7-15(20)25)8-14(22-18(16)27-24-10)11-5-3-2-4-6-11/h2-6,8-9H,7H2,1H3,(H2,20,25)(H,21,23,26). The van der Waals surface area contributed by atoms with E-state index in [1.165, 1.54) is 11.3 Å². The van der Waals surface area contributed by atoms with Gasteiger partial charge >= 0.3 is 0 Å². The Morgan fingerprint density at radius 2 is 2.00 bits per heavy atom. The Morgan fingerprint density at radius 3 is 2.75 bits per heavy atom. The Hall–Kier alpha value is -3.59. The van der Waals surface area contributed by atoms with Gasteiger partial charge in [0.15, 0.2) is 5.13 Å². The number of amides is 2. The lowest BCUT2D eigenvalue weighted by Crippen LogP contribution is -2.15. The predicted molar refractivity (Wildman–Crippen MR) is 105 cm³/mol. The van der Waals surface area contributed by atoms with Gasteiger partial charge in [-0.2, -0.15) is 0 Å². The minimum absolute atomic E-state index is 0.0226. The average Bonchev–Trinajstić information content (AvgIpc) is 3.27. The first-order valence-corrected chi connectivity index (χ1v) is 9.25. The van der Waals surface area contributed by atoms with Crippen LogP contribution < -0.4 is 11.1 Å². The molecule has 0 bridgehead atoms. The summed E-state index contributed by atoms with van der Waals surface area (Å²) in [5.74, 6) is -0.845. The molecular formula is C19H15N5O3S. The highest BCUT2D eigenvalue weighted by atomic mass is 32.1. The molecule has 28 heavy (non-hydrogen) atoms. The van der Waals surface area contributed by atoms with Gasteiger partial charge in [-0.1, -0.05) is 35.5 Å². The summed E-state index contributed by atoms with van der Waals surface area (Å²) in [4.78, 5) is 32.7. The third kappa shape index (κ3) is 3.47. The van der Waals surface area contributed by atoms with Crippen LogP contribution in [0.15, 0.2) is 46.3 Å². The van der Waals surface area contributed by atoms with Crippen LogP contribution in [-0.4, -0.2) is 26.9 Å². The predicted octanol–water partition coefficient (Wildman–Crippen LogP) is 2.93. The number of benzene rings is 1. The van der Waals surface area contributed by atoms with Crippen LogP contribution >= 0.6 is 11.3 Å². The summed E-state index contributed by atoms with van der Waals surface area (Å²) in [7, 11) is 0. The van der Waals surface area contributed by atoms with Gasteiger partial charge in [0.1, 0.15) is 0 Å². The molecule has 8 nitrogen and oxygen atoms in total. The third-order valence-corrected chi connectivity index (χ3v) is 4.87. The summed E-state index contributed by atoms with van der Waals surface area (Å²) in [6.45, 7) is 1.75. The molecule has 0 aliphatic rings. The van der Waals surface area contributed by atoms with E-state index in [0.717, 1.165) is 5.56 Å². The molecule has 0 aliphatic carbocycles. The minimum Gasteiger partial charge on any atom is -0.369 e. The van der Waals surface area contributed by atoms with Gasteiger partial charge in [0.25, 0.3) is 11.6 Å². The van der Waals surface area contributed by atoms with Gasteiger partial charge < -0.3 is 10.3 Å². The molecule has 140 valence electrons. The number of rotatable bonds is 5. The van der Waals surface area contributed by atoms with E-state index in [0.29, 0.717) is 33.2 Å². The van der Waals surface area contributed by atoms with Crippen LogP contribution in [-0.2, 0) is 11.2 Å². The van der Waals surface area contributed by atoms with E-state index in [4.69, 9.17) is 10.3 Å². The molecule has 2 amide bonds. The lowest BCUT2D eigenvalue weighted by atomic mass is 10.1. The molecule has 3 aromatic heterocycles. The van der Waals surface area contributed by atoms with Gasteiger partial charge in [-0.25, -0.2) is 9.97 Å². The maximum Gasteiger partial charge on any atom is 0.259 e. The zero-order valence-electron chi connectivity index (χ0n) is 14.8. The molecule has 0 saturated carbocycles. The first-order valence-electron chi connectivity index (χ1n) is 8.38. The van der Waals surface area contributed by atoms with E-state index in [2.05, 4.69) is 20.4 Å². The monoisotopic (exact) mass is 393 g/mol. The maximum atomic E-state index is 13.0. The van der Waals surface area contributed by atoms with Crippen molar-refractivity contribution < 1.29 is 14.1 Å². The van der Waals surface area contributed by atoms with E-state index in [1.807, 2.05) is 30.3 Å². The fourth-order valence-electron chi connectivity index (χ4n) is 2.82. The second-order valence-electron chi connectivity index (χ2n) is 6.11. The summed E-state index contributed by atoms with van der Waals surface area (Å²) in [6.07, 6.45) is 0.0226. The Labute approximate surface area is 163 Å². The highest BCUT2D eigenvalue weighted by molar-refractivity contribution is 7.14. The molecule has 3 heterocycles. The molecule has 0 aliphatic heterocycles. The van der Waals surface area contributed by atoms with Crippen molar-refractivity contribution in [3.63, 3.8) is 0 Å². The number of fused-ring (bicyclic) bond motifs is 1. The first-order chi connectivity index (χ1) is 13.5. The fourth-order valence-corrected chi connectivity index (χ4v) is 3.52. The molecule has 0 atom stereocenters. The number of primary amides is 1. The number of nitrogens with one attached hydrogen (secondary N) is 1. The van der Waals surface area contributed by atoms with Crippen molar-refractivity contribution in [1.82, 2.24) is 15.1 Å². The number of carbonyl (C=O) groups excluding carboxylic acids is 2. The number of nitrogens with two attached hydrogens (primary N) is 1. The minimum atomic E-state index is -0.480. The lowest BCUT2D eigenvalue weighted by molar-refractivity contribution is -0.117. The lowest BCUT2D eigenvalue weighted by Gasteiger charge is -2.06. The number of pyridine rings is 1. The number of hydrogen-bond acceptors (Lipinski definition) is 7. The Kier molecular flexibility index (Phi) is 4.58. The summed E-state index contributed by atoms with van der Waals surface area (Å²) in [5.41, 5.74) is 8.39. The van der Waals surface area contributed by atoms with Gasteiger partial charge in [0.2, 0.25) is 5.91 Å². The Morgan fingerprint density at radius 1 is 1.21 bits per heavy atom. The van der Waals surface area contributed by atoms with Gasteiger partial charge in [-0.05, 0) is 13.0 Å². The van der Waals surface area contributed by atoms with Crippen LogP contribution in [0.4, 0.5) is 5.13 Å². The molecule has 1 aromatic carbocycles. The highest BCUT2D eigenvalue weighted by Gasteiger charge is 2.20. The average molecular weight is 393 g/mol. The second-order valence-corrected chi connectivity index (χ2v) is 6.97. The van der Waals surface area contributed by atoms with E-state index in [1.54, 1.807) is 18.4 Å². The molecule has 0 fully saturated rings. The van der Waals surface area contributed by atoms with Crippen molar-refractivity contribution in [2.24, 2.45) is 5.73 Å². The van der Waals surface area contributed by atoms with Crippen LogP contribution in [0.2, 0.25) is 0 Å². The zero-order valence-corrected chi connectivity index (χ0v) is 15.6. The van der Waals surface area contributed by atoms with Crippen LogP contribution in [0.25, 0.3) is 22.4 Å². The Balaban J connectivity index is 1.72. The molecule has 4 rings (SSSR count). The normalized spacial score (nSPS) is 10.9. The number of aryl methyl sites for hydroxylation is 1. The van der Waals surface area contributed by atoms with E-state index < -0.39 is 5.91 Å². The smallest absolute Gasteiger partial charge is 0.259 e. The molecule has 9 heteroatoms. The van der Waals surface area contributed by atoms with Crippen LogP contribution in [0.3, 0.4) is 0 Å². The summed E-state index contributed by atoms with van der Waals surface area (Å²) >= 11 is 1.22. The van der Waals surface area contributed by atoms with Crippen LogP contribution in [0.5, 0.6) is 0 Å². The zero-order chi connectivity index (χ0) is 19.7. The molecule has 0 saturated heterocycles. The molecule has 3 N–H and O–H groups in total. The fraction of sp³-hybridized carbons (Fsp3) is 0.105. The van der Waals surface area contributed by atoms with Crippen molar-refractivity contribution in [3.8, 4) is 11.3 Å². The number of carbonyl (C=O) groups is 2. The summed E-state index contributed by atoms with van der Waals surface area (Å²) in [6, 6.07) is 11.2. The number of hydrogen-bond donors (Lipinski definition) is 2. The number of nitrogens with zero attached hydrogens (tertiary/aromatic N) is 3. The van der Waals surface area contributed by atoms with Crippen molar-refractivity contribution in [1.29, 1.82) is 0 Å². The number of anilines is 1. The van der Waals surface area contributed by atoms with Gasteiger partial charge in [-0.3, -0.25) is 14.9 Å². The molecule has 4 aromatic rings.